The second-order valence-corrected chi connectivity index (χ2v) is 5.30. The average molecular weight is 243 g/mol. The number of hydroxylamine groups is 1. The quantitative estimate of drug-likeness (QED) is 0.716. The van der Waals surface area contributed by atoms with Gasteiger partial charge < -0.3 is 5.11 Å². The second-order valence-electron chi connectivity index (χ2n) is 5.30. The molecule has 1 rings (SSSR count). The van der Waals surface area contributed by atoms with Crippen molar-refractivity contribution in [1.29, 1.82) is 0 Å². The molecule has 1 aliphatic rings. The summed E-state index contributed by atoms with van der Waals surface area (Å²) in [4.78, 5) is 27.9. The van der Waals surface area contributed by atoms with E-state index in [0.29, 0.717) is 25.4 Å². The highest BCUT2D eigenvalue weighted by molar-refractivity contribution is 5.84. The molecule has 0 aliphatic heterocycles. The first-order valence-electron chi connectivity index (χ1n) is 6.06. The molecule has 0 aromatic carbocycles. The normalized spacial score (nSPS) is 28.4. The first kappa shape index (κ1) is 14.0. The van der Waals surface area contributed by atoms with E-state index in [4.69, 9.17) is 9.94 Å². The van der Waals surface area contributed by atoms with Crippen molar-refractivity contribution in [2.24, 2.45) is 23.7 Å². The predicted octanol–water partition coefficient (Wildman–Crippen LogP) is 1.44. The fourth-order valence-electron chi connectivity index (χ4n) is 2.21. The highest BCUT2D eigenvalue weighted by atomic mass is 16.7. The van der Waals surface area contributed by atoms with Gasteiger partial charge in [0.2, 0.25) is 5.91 Å². The minimum absolute atomic E-state index is 0.275. The van der Waals surface area contributed by atoms with Gasteiger partial charge in [0.05, 0.1) is 18.4 Å². The van der Waals surface area contributed by atoms with Gasteiger partial charge in [-0.15, -0.1) is 0 Å². The van der Waals surface area contributed by atoms with Gasteiger partial charge in [-0.25, -0.2) is 5.48 Å². The number of hydrogen-bond acceptors (Lipinski definition) is 3. The van der Waals surface area contributed by atoms with Gasteiger partial charge in [0.15, 0.2) is 0 Å². The maximum atomic E-state index is 11.8. The monoisotopic (exact) mass is 243 g/mol. The van der Waals surface area contributed by atoms with E-state index in [1.807, 2.05) is 20.8 Å². The van der Waals surface area contributed by atoms with Crippen LogP contribution in [0.4, 0.5) is 0 Å². The number of carboxylic acid groups (broad SMARTS) is 1. The van der Waals surface area contributed by atoms with Crippen molar-refractivity contribution >= 4 is 11.9 Å². The van der Waals surface area contributed by atoms with Gasteiger partial charge >= 0.3 is 5.97 Å². The number of nitrogens with one attached hydrogen (secondary N) is 1. The molecule has 0 radical (unpaired) electrons. The highest BCUT2D eigenvalue weighted by Gasteiger charge is 2.41. The summed E-state index contributed by atoms with van der Waals surface area (Å²) in [6.07, 6.45) is 1.19. The van der Waals surface area contributed by atoms with Crippen LogP contribution < -0.4 is 5.48 Å². The van der Waals surface area contributed by atoms with E-state index >= 15 is 0 Å². The Morgan fingerprint density at radius 2 is 1.94 bits per heavy atom. The average Bonchev–Trinajstić information content (AvgIpc) is 2.59. The molecular weight excluding hydrogens is 222 g/mol. The van der Waals surface area contributed by atoms with Crippen molar-refractivity contribution in [3.05, 3.63) is 0 Å². The Kier molecular flexibility index (Phi) is 4.93. The van der Waals surface area contributed by atoms with Gasteiger partial charge in [0.1, 0.15) is 0 Å². The van der Waals surface area contributed by atoms with E-state index < -0.39 is 17.8 Å². The molecule has 5 heteroatoms. The smallest absolute Gasteiger partial charge is 0.307 e. The lowest BCUT2D eigenvalue weighted by molar-refractivity contribution is -0.150. The van der Waals surface area contributed by atoms with Gasteiger partial charge in [0.25, 0.3) is 0 Å². The first-order valence-corrected chi connectivity index (χ1v) is 6.06. The molecular formula is C12H21NO4. The molecule has 2 N–H and O–H groups in total. The number of rotatable bonds is 5. The van der Waals surface area contributed by atoms with Gasteiger partial charge in [-0.1, -0.05) is 20.8 Å². The molecule has 1 aliphatic carbocycles. The van der Waals surface area contributed by atoms with Crippen molar-refractivity contribution in [3.63, 3.8) is 0 Å². The molecule has 1 unspecified atom stereocenters. The van der Waals surface area contributed by atoms with Crippen molar-refractivity contribution in [2.75, 3.05) is 6.61 Å². The topological polar surface area (TPSA) is 75.6 Å². The van der Waals surface area contributed by atoms with Crippen LogP contribution in [0.15, 0.2) is 0 Å². The van der Waals surface area contributed by atoms with E-state index in [1.165, 1.54) is 0 Å². The zero-order chi connectivity index (χ0) is 13.0. The minimum atomic E-state index is -0.890. The number of carbonyl (C=O) groups is 2. The summed E-state index contributed by atoms with van der Waals surface area (Å²) in [6.45, 7) is 6.36. The zero-order valence-electron chi connectivity index (χ0n) is 10.6. The van der Waals surface area contributed by atoms with Crippen LogP contribution in [0.1, 0.15) is 33.6 Å². The van der Waals surface area contributed by atoms with Gasteiger partial charge in [-0.05, 0) is 24.7 Å². The molecule has 1 saturated carbocycles. The van der Waals surface area contributed by atoms with Gasteiger partial charge in [-0.2, -0.15) is 0 Å². The molecule has 0 heterocycles. The molecule has 98 valence electrons. The SMILES string of the molecule is CC(C)CONC(=O)[C@H]1CC(C)C[C@H]1C(=O)O. The van der Waals surface area contributed by atoms with E-state index in [2.05, 4.69) is 5.48 Å². The summed E-state index contributed by atoms with van der Waals surface area (Å²) >= 11 is 0. The maximum Gasteiger partial charge on any atom is 0.307 e. The predicted molar refractivity (Wildman–Crippen MR) is 61.9 cm³/mol. The van der Waals surface area contributed by atoms with E-state index in [1.54, 1.807) is 0 Å². The number of hydrogen-bond donors (Lipinski definition) is 2. The fraction of sp³-hybridized carbons (Fsp3) is 0.833. The summed E-state index contributed by atoms with van der Waals surface area (Å²) in [7, 11) is 0. The summed E-state index contributed by atoms with van der Waals surface area (Å²) in [5.74, 6) is -1.63. The third-order valence-corrected chi connectivity index (χ3v) is 3.04. The Hall–Kier alpha value is -1.10. The number of aliphatic carboxylic acids is 1. The van der Waals surface area contributed by atoms with Crippen LogP contribution in [0.5, 0.6) is 0 Å². The van der Waals surface area contributed by atoms with Crippen LogP contribution in [-0.2, 0) is 14.4 Å². The molecule has 0 aromatic rings. The summed E-state index contributed by atoms with van der Waals surface area (Å²) in [6, 6.07) is 0. The van der Waals surface area contributed by atoms with Crippen molar-refractivity contribution in [2.45, 2.75) is 33.6 Å². The summed E-state index contributed by atoms with van der Waals surface area (Å²) < 4.78 is 0. The van der Waals surface area contributed by atoms with Crippen LogP contribution in [0.2, 0.25) is 0 Å². The minimum Gasteiger partial charge on any atom is -0.481 e. The van der Waals surface area contributed by atoms with Crippen LogP contribution in [0, 0.1) is 23.7 Å². The number of carboxylic acids is 1. The molecule has 3 atom stereocenters. The standard InChI is InChI=1S/C12H21NO4/c1-7(2)6-17-13-11(14)9-4-8(3)5-10(9)12(15)16/h7-10H,4-6H2,1-3H3,(H,13,14)(H,15,16)/t8?,9-,10+/m0/s1. The molecule has 1 amide bonds. The zero-order valence-corrected chi connectivity index (χ0v) is 10.6. The molecule has 1 fully saturated rings. The molecule has 0 bridgehead atoms. The van der Waals surface area contributed by atoms with Gasteiger partial charge in [0, 0.05) is 0 Å². The Labute approximate surface area is 101 Å². The Bertz CT molecular complexity index is 290. The summed E-state index contributed by atoms with van der Waals surface area (Å²) in [5.41, 5.74) is 2.36. The van der Waals surface area contributed by atoms with Crippen molar-refractivity contribution < 1.29 is 19.5 Å². The molecule has 0 spiro atoms. The Balaban J connectivity index is 2.47. The molecule has 0 aromatic heterocycles. The summed E-state index contributed by atoms with van der Waals surface area (Å²) in [5, 5.41) is 9.04. The third kappa shape index (κ3) is 4.00. The van der Waals surface area contributed by atoms with E-state index in [9.17, 15) is 9.59 Å². The second kappa shape index (κ2) is 6.00. The van der Waals surface area contributed by atoms with Crippen LogP contribution in [0.3, 0.4) is 0 Å². The third-order valence-electron chi connectivity index (χ3n) is 3.04. The maximum absolute atomic E-state index is 11.8. The lowest BCUT2D eigenvalue weighted by Gasteiger charge is -2.15. The fourth-order valence-corrected chi connectivity index (χ4v) is 2.21. The highest BCUT2D eigenvalue weighted by Crippen LogP contribution is 2.36. The van der Waals surface area contributed by atoms with Crippen LogP contribution in [0.25, 0.3) is 0 Å². The van der Waals surface area contributed by atoms with Crippen LogP contribution >= 0.6 is 0 Å². The Morgan fingerprint density at radius 3 is 2.47 bits per heavy atom. The largest absolute Gasteiger partial charge is 0.481 e. The lowest BCUT2D eigenvalue weighted by atomic mass is 9.96. The van der Waals surface area contributed by atoms with Gasteiger partial charge in [-0.3, -0.25) is 14.4 Å². The van der Waals surface area contributed by atoms with Crippen LogP contribution in [-0.4, -0.2) is 23.6 Å². The first-order chi connectivity index (χ1) is 7.91. The number of carbonyl (C=O) groups excluding carboxylic acids is 1. The van der Waals surface area contributed by atoms with E-state index in [-0.39, 0.29) is 11.8 Å². The van der Waals surface area contributed by atoms with E-state index in [0.717, 1.165) is 0 Å². The molecule has 0 saturated heterocycles. The molecule has 5 nitrogen and oxygen atoms in total. The lowest BCUT2D eigenvalue weighted by Crippen LogP contribution is -2.36. The number of amides is 1. The van der Waals surface area contributed by atoms with Crippen molar-refractivity contribution in [3.8, 4) is 0 Å². The van der Waals surface area contributed by atoms with Crippen molar-refractivity contribution in [1.82, 2.24) is 5.48 Å². The Morgan fingerprint density at radius 1 is 1.35 bits per heavy atom. The molecule has 17 heavy (non-hydrogen) atoms.